The normalized spacial score (nSPS) is 15.2. The van der Waals surface area contributed by atoms with Crippen molar-refractivity contribution in [2.75, 3.05) is 7.11 Å². The van der Waals surface area contributed by atoms with Crippen molar-refractivity contribution in [3.05, 3.63) is 29.8 Å². The zero-order valence-corrected chi connectivity index (χ0v) is 10.8. The molecule has 0 radical (unpaired) electrons. The van der Waals surface area contributed by atoms with Gasteiger partial charge in [0.2, 0.25) is 0 Å². The highest BCUT2D eigenvalue weighted by atomic mass is 19.4. The smallest absolute Gasteiger partial charge is 0.406 e. The van der Waals surface area contributed by atoms with Gasteiger partial charge in [-0.15, -0.1) is 0 Å². The van der Waals surface area contributed by atoms with Gasteiger partial charge < -0.3 is 4.74 Å². The summed E-state index contributed by atoms with van der Waals surface area (Å²) in [5.74, 6) is 0.688. The lowest BCUT2D eigenvalue weighted by Crippen LogP contribution is -2.53. The van der Waals surface area contributed by atoms with E-state index in [9.17, 15) is 13.2 Å². The quantitative estimate of drug-likeness (QED) is 0.875. The van der Waals surface area contributed by atoms with Gasteiger partial charge in [0.1, 0.15) is 11.3 Å². The Morgan fingerprint density at radius 3 is 2.11 bits per heavy atom. The number of hydrogen-bond acceptors (Lipinski definition) is 2. The van der Waals surface area contributed by atoms with E-state index >= 15 is 0 Å². The molecule has 18 heavy (non-hydrogen) atoms. The van der Waals surface area contributed by atoms with Crippen LogP contribution in [0.5, 0.6) is 5.75 Å². The van der Waals surface area contributed by atoms with Crippen LogP contribution < -0.4 is 10.1 Å². The zero-order chi connectivity index (χ0) is 13.8. The number of nitrogens with one attached hydrogen (secondary N) is 1. The van der Waals surface area contributed by atoms with Gasteiger partial charge in [0, 0.05) is 6.54 Å². The number of hydrogen-bond donors (Lipinski definition) is 1. The molecule has 0 heterocycles. The minimum absolute atomic E-state index is 0.00729. The van der Waals surface area contributed by atoms with Crippen molar-refractivity contribution in [2.45, 2.75) is 38.5 Å². The Labute approximate surface area is 105 Å². The third-order valence-corrected chi connectivity index (χ3v) is 3.17. The van der Waals surface area contributed by atoms with Crippen LogP contribution in [-0.4, -0.2) is 18.8 Å². The van der Waals surface area contributed by atoms with Crippen LogP contribution >= 0.6 is 0 Å². The maximum atomic E-state index is 12.8. The maximum Gasteiger partial charge on any atom is 0.406 e. The molecule has 102 valence electrons. The molecule has 1 unspecified atom stereocenters. The number of alkyl halides is 3. The van der Waals surface area contributed by atoms with Crippen molar-refractivity contribution in [3.8, 4) is 5.75 Å². The zero-order valence-electron chi connectivity index (χ0n) is 10.8. The molecule has 1 N–H and O–H groups in total. The molecule has 2 nitrogen and oxygen atoms in total. The Morgan fingerprint density at radius 1 is 1.17 bits per heavy atom. The molecule has 1 aromatic rings. The molecule has 0 spiro atoms. The molecule has 0 aliphatic heterocycles. The second kappa shape index (κ2) is 5.61. The number of ether oxygens (including phenoxy) is 1. The van der Waals surface area contributed by atoms with Crippen LogP contribution in [0.2, 0.25) is 0 Å². The fraction of sp³-hybridized carbons (Fsp3) is 0.538. The fourth-order valence-corrected chi connectivity index (χ4v) is 1.47. The highest BCUT2D eigenvalue weighted by molar-refractivity contribution is 5.27. The second-order valence-electron chi connectivity index (χ2n) is 4.39. The van der Waals surface area contributed by atoms with Crippen LogP contribution in [0, 0.1) is 0 Å². The van der Waals surface area contributed by atoms with Crippen molar-refractivity contribution in [1.29, 1.82) is 0 Å². The van der Waals surface area contributed by atoms with E-state index in [1.165, 1.54) is 13.8 Å². The first-order chi connectivity index (χ1) is 8.32. The van der Waals surface area contributed by atoms with Gasteiger partial charge in [-0.2, -0.15) is 13.2 Å². The van der Waals surface area contributed by atoms with Gasteiger partial charge in [-0.3, -0.25) is 5.32 Å². The summed E-state index contributed by atoms with van der Waals surface area (Å²) in [5, 5.41) is 2.57. The fourth-order valence-electron chi connectivity index (χ4n) is 1.47. The predicted molar refractivity (Wildman–Crippen MR) is 64.6 cm³/mol. The first-order valence-corrected chi connectivity index (χ1v) is 5.77. The number of rotatable bonds is 5. The van der Waals surface area contributed by atoms with E-state index in [1.807, 2.05) is 0 Å². The van der Waals surface area contributed by atoms with Gasteiger partial charge in [-0.25, -0.2) is 0 Å². The molecule has 0 aliphatic carbocycles. The van der Waals surface area contributed by atoms with Gasteiger partial charge in [-0.05, 0) is 31.0 Å². The second-order valence-corrected chi connectivity index (χ2v) is 4.39. The Kier molecular flexibility index (Phi) is 4.62. The molecule has 0 bridgehead atoms. The van der Waals surface area contributed by atoms with E-state index in [0.717, 1.165) is 5.56 Å². The van der Waals surface area contributed by atoms with Gasteiger partial charge in [0.05, 0.1) is 7.11 Å². The summed E-state index contributed by atoms with van der Waals surface area (Å²) < 4.78 is 43.5. The van der Waals surface area contributed by atoms with Gasteiger partial charge in [0.15, 0.2) is 0 Å². The monoisotopic (exact) mass is 261 g/mol. The molecule has 5 heteroatoms. The van der Waals surface area contributed by atoms with Gasteiger partial charge in [0.25, 0.3) is 0 Å². The van der Waals surface area contributed by atoms with E-state index in [0.29, 0.717) is 5.75 Å². The lowest BCUT2D eigenvalue weighted by atomic mass is 9.97. The van der Waals surface area contributed by atoms with E-state index in [1.54, 1.807) is 31.4 Å². The largest absolute Gasteiger partial charge is 0.497 e. The van der Waals surface area contributed by atoms with Crippen LogP contribution in [0.4, 0.5) is 13.2 Å². The summed E-state index contributed by atoms with van der Waals surface area (Å²) in [6.45, 7) is 2.87. The van der Waals surface area contributed by atoms with Crippen LogP contribution in [0.1, 0.15) is 25.8 Å². The molecule has 1 atom stereocenters. The molecular formula is C13H18F3NO. The van der Waals surface area contributed by atoms with Crippen molar-refractivity contribution in [2.24, 2.45) is 0 Å². The van der Waals surface area contributed by atoms with Crippen molar-refractivity contribution >= 4 is 0 Å². The Bertz CT molecular complexity index is 375. The van der Waals surface area contributed by atoms with Gasteiger partial charge >= 0.3 is 6.18 Å². The molecule has 1 aromatic carbocycles. The van der Waals surface area contributed by atoms with E-state index in [2.05, 4.69) is 5.32 Å². The SMILES string of the molecule is CCC(C)(NCc1ccc(OC)cc1)C(F)(F)F. The van der Waals surface area contributed by atoms with Crippen molar-refractivity contribution in [3.63, 3.8) is 0 Å². The number of methoxy groups -OCH3 is 1. The highest BCUT2D eigenvalue weighted by Crippen LogP contribution is 2.32. The van der Waals surface area contributed by atoms with E-state index < -0.39 is 11.7 Å². The summed E-state index contributed by atoms with van der Waals surface area (Å²) in [7, 11) is 1.55. The lowest BCUT2D eigenvalue weighted by Gasteiger charge is -2.32. The maximum absolute atomic E-state index is 12.8. The molecule has 1 rings (SSSR count). The topological polar surface area (TPSA) is 21.3 Å². The first kappa shape index (κ1) is 14.8. The lowest BCUT2D eigenvalue weighted by molar-refractivity contribution is -0.192. The highest BCUT2D eigenvalue weighted by Gasteiger charge is 2.49. The van der Waals surface area contributed by atoms with Crippen molar-refractivity contribution in [1.82, 2.24) is 5.32 Å². The Morgan fingerprint density at radius 2 is 1.72 bits per heavy atom. The first-order valence-electron chi connectivity index (χ1n) is 5.77. The predicted octanol–water partition coefficient (Wildman–Crippen LogP) is 3.52. The molecule has 0 fully saturated rings. The summed E-state index contributed by atoms with van der Waals surface area (Å²) in [4.78, 5) is 0. The standard InChI is InChI=1S/C13H18F3NO/c1-4-12(2,13(14,15)16)17-9-10-5-7-11(18-3)8-6-10/h5-8,17H,4,9H2,1-3H3. The molecule has 0 saturated heterocycles. The molecule has 0 amide bonds. The van der Waals surface area contributed by atoms with Crippen LogP contribution in [0.25, 0.3) is 0 Å². The number of halogens is 3. The summed E-state index contributed by atoms with van der Waals surface area (Å²) in [6, 6.07) is 6.96. The summed E-state index contributed by atoms with van der Waals surface area (Å²) >= 11 is 0. The average molecular weight is 261 g/mol. The van der Waals surface area contributed by atoms with Gasteiger partial charge in [-0.1, -0.05) is 19.1 Å². The van der Waals surface area contributed by atoms with E-state index in [4.69, 9.17) is 4.74 Å². The van der Waals surface area contributed by atoms with E-state index in [-0.39, 0.29) is 13.0 Å². The third-order valence-electron chi connectivity index (χ3n) is 3.17. The Hall–Kier alpha value is -1.23. The van der Waals surface area contributed by atoms with Crippen LogP contribution in [0.15, 0.2) is 24.3 Å². The molecule has 0 aromatic heterocycles. The van der Waals surface area contributed by atoms with Crippen LogP contribution in [0.3, 0.4) is 0 Å². The average Bonchev–Trinajstić information content (AvgIpc) is 2.35. The molecule has 0 aliphatic rings. The minimum Gasteiger partial charge on any atom is -0.497 e. The number of benzene rings is 1. The summed E-state index contributed by atoms with van der Waals surface area (Å²) in [6.07, 6.45) is -4.26. The Balaban J connectivity index is 2.68. The third kappa shape index (κ3) is 3.38. The van der Waals surface area contributed by atoms with Crippen molar-refractivity contribution < 1.29 is 17.9 Å². The van der Waals surface area contributed by atoms with Crippen LogP contribution in [-0.2, 0) is 6.54 Å². The summed E-state index contributed by atoms with van der Waals surface area (Å²) in [5.41, 5.74) is -1.06. The molecule has 0 saturated carbocycles. The molecular weight excluding hydrogens is 243 g/mol. The minimum atomic E-state index is -4.26.